The zero-order valence-electron chi connectivity index (χ0n) is 14.1. The van der Waals surface area contributed by atoms with Gasteiger partial charge in [0.05, 0.1) is 5.54 Å². The standard InChI is InChI=1S/C21H25N3/c22-21-15-23(12-16-6-2-1-3-7-16)13-18(21)14-24-11-5-9-17-8-4-10-19(21)20(17)24/h1-4,6-8,10,18H,5,9,11-15,22H2/t18-,21+/m1/s1. The van der Waals surface area contributed by atoms with Crippen LogP contribution in [-0.2, 0) is 18.5 Å². The predicted molar refractivity (Wildman–Crippen MR) is 98.1 cm³/mol. The summed E-state index contributed by atoms with van der Waals surface area (Å²) >= 11 is 0. The molecular formula is C21H25N3. The molecule has 1 fully saturated rings. The molecule has 2 aromatic carbocycles. The molecule has 2 N–H and O–H groups in total. The van der Waals surface area contributed by atoms with Crippen molar-refractivity contribution in [3.63, 3.8) is 0 Å². The first-order valence-electron chi connectivity index (χ1n) is 9.16. The molecule has 1 saturated heterocycles. The van der Waals surface area contributed by atoms with E-state index in [1.165, 1.54) is 41.8 Å². The lowest BCUT2D eigenvalue weighted by molar-refractivity contribution is 0.303. The molecule has 3 heterocycles. The highest BCUT2D eigenvalue weighted by Gasteiger charge is 2.50. The molecule has 3 aliphatic heterocycles. The Morgan fingerprint density at radius 3 is 2.79 bits per heavy atom. The molecule has 0 saturated carbocycles. The minimum absolute atomic E-state index is 0.187. The summed E-state index contributed by atoms with van der Waals surface area (Å²) in [7, 11) is 0. The lowest BCUT2D eigenvalue weighted by Crippen LogP contribution is -2.54. The Labute approximate surface area is 144 Å². The Morgan fingerprint density at radius 2 is 1.92 bits per heavy atom. The van der Waals surface area contributed by atoms with Crippen molar-refractivity contribution in [3.05, 3.63) is 65.2 Å². The first-order chi connectivity index (χ1) is 11.7. The summed E-state index contributed by atoms with van der Waals surface area (Å²) in [6.45, 7) is 5.38. The number of likely N-dealkylation sites (tertiary alicyclic amines) is 1. The van der Waals surface area contributed by atoms with Crippen molar-refractivity contribution in [1.29, 1.82) is 0 Å². The fraction of sp³-hybridized carbons (Fsp3) is 0.429. The van der Waals surface area contributed by atoms with Crippen LogP contribution in [0.5, 0.6) is 0 Å². The van der Waals surface area contributed by atoms with Crippen LogP contribution in [0.3, 0.4) is 0 Å². The Balaban J connectivity index is 1.49. The van der Waals surface area contributed by atoms with E-state index in [4.69, 9.17) is 5.73 Å². The molecule has 5 rings (SSSR count). The molecule has 24 heavy (non-hydrogen) atoms. The van der Waals surface area contributed by atoms with E-state index < -0.39 is 0 Å². The quantitative estimate of drug-likeness (QED) is 0.924. The average molecular weight is 319 g/mol. The van der Waals surface area contributed by atoms with Crippen molar-refractivity contribution in [1.82, 2.24) is 4.90 Å². The maximum absolute atomic E-state index is 7.06. The molecule has 2 aromatic rings. The van der Waals surface area contributed by atoms with Crippen molar-refractivity contribution in [3.8, 4) is 0 Å². The van der Waals surface area contributed by atoms with Crippen molar-refractivity contribution < 1.29 is 0 Å². The second kappa shape index (κ2) is 5.33. The monoisotopic (exact) mass is 319 g/mol. The van der Waals surface area contributed by atoms with E-state index in [1.54, 1.807) is 0 Å². The van der Waals surface area contributed by atoms with E-state index >= 15 is 0 Å². The van der Waals surface area contributed by atoms with E-state index in [-0.39, 0.29) is 5.54 Å². The Kier molecular flexibility index (Phi) is 3.22. The molecule has 3 nitrogen and oxygen atoms in total. The Morgan fingerprint density at radius 1 is 1.04 bits per heavy atom. The number of fused-ring (bicyclic) bond motifs is 2. The number of nitrogens with two attached hydrogens (primary N) is 1. The Hall–Kier alpha value is -1.84. The van der Waals surface area contributed by atoms with E-state index in [2.05, 4.69) is 58.3 Å². The summed E-state index contributed by atoms with van der Waals surface area (Å²) < 4.78 is 0. The molecule has 0 aromatic heterocycles. The van der Waals surface area contributed by atoms with Gasteiger partial charge in [0.2, 0.25) is 0 Å². The van der Waals surface area contributed by atoms with Crippen molar-refractivity contribution >= 4 is 5.69 Å². The zero-order chi connectivity index (χ0) is 16.1. The molecule has 0 spiro atoms. The number of rotatable bonds is 2. The van der Waals surface area contributed by atoms with Gasteiger partial charge >= 0.3 is 0 Å². The van der Waals surface area contributed by atoms with Crippen LogP contribution in [0.25, 0.3) is 0 Å². The van der Waals surface area contributed by atoms with Crippen LogP contribution in [-0.4, -0.2) is 31.1 Å². The highest BCUT2D eigenvalue weighted by atomic mass is 15.2. The molecular weight excluding hydrogens is 294 g/mol. The number of para-hydroxylation sites is 1. The van der Waals surface area contributed by atoms with Crippen LogP contribution in [0, 0.1) is 5.92 Å². The minimum atomic E-state index is -0.187. The number of aryl methyl sites for hydroxylation is 1. The van der Waals surface area contributed by atoms with Gasteiger partial charge in [-0.2, -0.15) is 0 Å². The number of anilines is 1. The predicted octanol–water partition coefficient (Wildman–Crippen LogP) is 2.74. The van der Waals surface area contributed by atoms with Crippen LogP contribution in [0.4, 0.5) is 5.69 Å². The van der Waals surface area contributed by atoms with Gasteiger partial charge in [0, 0.05) is 44.3 Å². The van der Waals surface area contributed by atoms with Crippen molar-refractivity contribution in [2.24, 2.45) is 11.7 Å². The van der Waals surface area contributed by atoms with Gasteiger partial charge in [-0.05, 0) is 29.5 Å². The van der Waals surface area contributed by atoms with E-state index in [0.717, 1.165) is 26.2 Å². The topological polar surface area (TPSA) is 32.5 Å². The second-order valence-corrected chi connectivity index (χ2v) is 7.76. The van der Waals surface area contributed by atoms with Gasteiger partial charge in [0.1, 0.15) is 0 Å². The molecule has 3 aliphatic rings. The minimum Gasteiger partial charge on any atom is -0.371 e. The van der Waals surface area contributed by atoms with Gasteiger partial charge in [-0.15, -0.1) is 0 Å². The van der Waals surface area contributed by atoms with Gasteiger partial charge in [0.25, 0.3) is 0 Å². The number of hydrogen-bond acceptors (Lipinski definition) is 3. The highest BCUT2D eigenvalue weighted by Crippen LogP contribution is 2.47. The van der Waals surface area contributed by atoms with E-state index in [1.807, 2.05) is 0 Å². The summed E-state index contributed by atoms with van der Waals surface area (Å²) in [6, 6.07) is 17.6. The molecule has 0 bridgehead atoms. The summed E-state index contributed by atoms with van der Waals surface area (Å²) in [4.78, 5) is 5.16. The lowest BCUT2D eigenvalue weighted by Gasteiger charge is -2.46. The second-order valence-electron chi connectivity index (χ2n) is 7.76. The van der Waals surface area contributed by atoms with Crippen LogP contribution >= 0.6 is 0 Å². The average Bonchev–Trinajstić information content (AvgIpc) is 2.93. The normalized spacial score (nSPS) is 28.5. The SMILES string of the molecule is N[C@@]12CN(Cc3ccccc3)C[C@@H]1CN1CCCc3cccc2c31. The van der Waals surface area contributed by atoms with Crippen molar-refractivity contribution in [2.45, 2.75) is 24.9 Å². The maximum atomic E-state index is 7.06. The van der Waals surface area contributed by atoms with Gasteiger partial charge in [-0.25, -0.2) is 0 Å². The van der Waals surface area contributed by atoms with Crippen LogP contribution in [0.15, 0.2) is 48.5 Å². The summed E-state index contributed by atoms with van der Waals surface area (Å²) in [6.07, 6.45) is 2.47. The van der Waals surface area contributed by atoms with Crippen molar-refractivity contribution in [2.75, 3.05) is 31.1 Å². The van der Waals surface area contributed by atoms with E-state index in [9.17, 15) is 0 Å². The van der Waals surface area contributed by atoms with Crippen LogP contribution < -0.4 is 10.6 Å². The third kappa shape index (κ3) is 2.11. The molecule has 124 valence electrons. The third-order valence-electron chi connectivity index (χ3n) is 6.19. The summed E-state index contributed by atoms with van der Waals surface area (Å²) in [5, 5.41) is 0. The molecule has 0 radical (unpaired) electrons. The Bertz CT molecular complexity index is 757. The first-order valence-corrected chi connectivity index (χ1v) is 9.16. The largest absolute Gasteiger partial charge is 0.371 e. The van der Waals surface area contributed by atoms with Crippen LogP contribution in [0.2, 0.25) is 0 Å². The number of nitrogens with zero attached hydrogens (tertiary/aromatic N) is 2. The molecule has 0 amide bonds. The zero-order valence-corrected chi connectivity index (χ0v) is 14.1. The summed E-state index contributed by atoms with van der Waals surface area (Å²) in [5.41, 5.74) is 12.6. The fourth-order valence-corrected chi connectivity index (χ4v) is 5.09. The maximum Gasteiger partial charge on any atom is 0.0617 e. The van der Waals surface area contributed by atoms with Crippen LogP contribution in [0.1, 0.15) is 23.1 Å². The molecule has 3 heteroatoms. The first kappa shape index (κ1) is 14.5. The van der Waals surface area contributed by atoms with E-state index in [0.29, 0.717) is 5.92 Å². The molecule has 0 unspecified atom stereocenters. The smallest absolute Gasteiger partial charge is 0.0617 e. The van der Waals surface area contributed by atoms with Gasteiger partial charge in [-0.1, -0.05) is 48.5 Å². The highest BCUT2D eigenvalue weighted by molar-refractivity contribution is 5.66. The van der Waals surface area contributed by atoms with Gasteiger partial charge < -0.3 is 10.6 Å². The molecule has 2 atom stereocenters. The number of benzene rings is 2. The third-order valence-corrected chi connectivity index (χ3v) is 6.19. The lowest BCUT2D eigenvalue weighted by atomic mass is 9.75. The molecule has 0 aliphatic carbocycles. The van der Waals surface area contributed by atoms with Gasteiger partial charge in [-0.3, -0.25) is 4.90 Å². The van der Waals surface area contributed by atoms with Gasteiger partial charge in [0.15, 0.2) is 0 Å². The fourth-order valence-electron chi connectivity index (χ4n) is 5.09. The number of hydrogen-bond donors (Lipinski definition) is 1. The summed E-state index contributed by atoms with van der Waals surface area (Å²) in [5.74, 6) is 0.530.